The summed E-state index contributed by atoms with van der Waals surface area (Å²) in [6.07, 6.45) is 1.02. The van der Waals surface area contributed by atoms with E-state index in [0.29, 0.717) is 5.02 Å². The quantitative estimate of drug-likeness (QED) is 0.901. The molecular weight excluding hydrogens is 270 g/mol. The monoisotopic (exact) mass is 279 g/mol. The fourth-order valence-electron chi connectivity index (χ4n) is 1.48. The molecule has 1 aromatic carbocycles. The Morgan fingerprint density at radius 1 is 1.32 bits per heavy atom. The predicted molar refractivity (Wildman–Crippen MR) is 68.3 cm³/mol. The molecule has 19 heavy (non-hydrogen) atoms. The minimum Gasteiger partial charge on any atom is -0.478 e. The number of nitrogens with one attached hydrogen (secondary N) is 1. The van der Waals surface area contributed by atoms with Gasteiger partial charge in [-0.05, 0) is 17.7 Å². The number of carbonyl (C=O) groups excluding carboxylic acids is 1. The fourth-order valence-corrected chi connectivity index (χ4v) is 1.70. The number of carboxylic acids is 1. The highest BCUT2D eigenvalue weighted by atomic mass is 35.5. The minimum absolute atomic E-state index is 0.0422. The van der Waals surface area contributed by atoms with Gasteiger partial charge in [-0.25, -0.2) is 4.79 Å². The number of amides is 1. The van der Waals surface area contributed by atoms with E-state index in [2.05, 4.69) is 5.32 Å². The van der Waals surface area contributed by atoms with Crippen LogP contribution < -0.4 is 5.32 Å². The summed E-state index contributed by atoms with van der Waals surface area (Å²) in [5, 5.41) is 11.9. The van der Waals surface area contributed by atoms with Crippen LogP contribution >= 0.6 is 11.6 Å². The van der Waals surface area contributed by atoms with E-state index in [1.165, 1.54) is 6.07 Å². The maximum absolute atomic E-state index is 11.7. The molecule has 0 aliphatic heterocycles. The van der Waals surface area contributed by atoms with Gasteiger partial charge in [0.15, 0.2) is 5.76 Å². The molecule has 0 saturated carbocycles. The number of furan rings is 1. The summed E-state index contributed by atoms with van der Waals surface area (Å²) in [4.78, 5) is 22.4. The molecule has 0 aliphatic carbocycles. The molecule has 2 N–H and O–H groups in total. The number of carbonyl (C=O) groups is 2. The first-order valence-corrected chi connectivity index (χ1v) is 5.78. The Labute approximate surface area is 113 Å². The maximum atomic E-state index is 11.7. The van der Waals surface area contributed by atoms with E-state index >= 15 is 0 Å². The average Bonchev–Trinajstić information content (AvgIpc) is 2.86. The Hall–Kier alpha value is -2.27. The first-order chi connectivity index (χ1) is 9.06. The molecule has 0 unspecified atom stereocenters. The molecule has 0 fully saturated rings. The average molecular weight is 280 g/mol. The maximum Gasteiger partial charge on any atom is 0.338 e. The SMILES string of the molecule is O=C(O)c1coc(C(=O)NCc2cccc(Cl)c2)c1. The van der Waals surface area contributed by atoms with Gasteiger partial charge in [0.05, 0.1) is 5.56 Å². The molecule has 6 heteroatoms. The van der Waals surface area contributed by atoms with Gasteiger partial charge in [-0.1, -0.05) is 23.7 Å². The van der Waals surface area contributed by atoms with Gasteiger partial charge in [-0.2, -0.15) is 0 Å². The second-order valence-electron chi connectivity index (χ2n) is 3.82. The van der Waals surface area contributed by atoms with E-state index in [9.17, 15) is 9.59 Å². The lowest BCUT2D eigenvalue weighted by atomic mass is 10.2. The molecule has 0 atom stereocenters. The highest BCUT2D eigenvalue weighted by molar-refractivity contribution is 6.30. The van der Waals surface area contributed by atoms with Gasteiger partial charge in [0.1, 0.15) is 6.26 Å². The van der Waals surface area contributed by atoms with E-state index in [1.54, 1.807) is 18.2 Å². The lowest BCUT2D eigenvalue weighted by Crippen LogP contribution is -2.22. The molecule has 0 aliphatic rings. The van der Waals surface area contributed by atoms with Crippen LogP contribution in [0.4, 0.5) is 0 Å². The van der Waals surface area contributed by atoms with Crippen molar-refractivity contribution in [2.75, 3.05) is 0 Å². The molecule has 5 nitrogen and oxygen atoms in total. The van der Waals surface area contributed by atoms with Crippen molar-refractivity contribution in [2.24, 2.45) is 0 Å². The molecule has 2 aromatic rings. The zero-order chi connectivity index (χ0) is 13.8. The van der Waals surface area contributed by atoms with Crippen molar-refractivity contribution in [3.8, 4) is 0 Å². The molecule has 1 aromatic heterocycles. The van der Waals surface area contributed by atoms with E-state index in [1.807, 2.05) is 6.07 Å². The van der Waals surface area contributed by atoms with Crippen LogP contribution in [0.25, 0.3) is 0 Å². The van der Waals surface area contributed by atoms with Gasteiger partial charge >= 0.3 is 5.97 Å². The third kappa shape index (κ3) is 3.35. The summed E-state index contributed by atoms with van der Waals surface area (Å²) in [5.41, 5.74) is 0.777. The first-order valence-electron chi connectivity index (χ1n) is 5.41. The fraction of sp³-hybridized carbons (Fsp3) is 0.0769. The van der Waals surface area contributed by atoms with Gasteiger partial charge in [-0.15, -0.1) is 0 Å². The Bertz CT molecular complexity index is 621. The van der Waals surface area contributed by atoms with Crippen LogP contribution in [-0.2, 0) is 6.54 Å². The molecule has 98 valence electrons. The number of hydrogen-bond acceptors (Lipinski definition) is 3. The summed E-state index contributed by atoms with van der Waals surface area (Å²) in [6, 6.07) is 8.23. The van der Waals surface area contributed by atoms with Crippen LogP contribution in [0.5, 0.6) is 0 Å². The highest BCUT2D eigenvalue weighted by Crippen LogP contribution is 2.11. The number of aromatic carboxylic acids is 1. The molecule has 0 bridgehead atoms. The first kappa shape index (κ1) is 13.2. The highest BCUT2D eigenvalue weighted by Gasteiger charge is 2.14. The molecule has 0 radical (unpaired) electrons. The van der Waals surface area contributed by atoms with Crippen molar-refractivity contribution in [1.82, 2.24) is 5.32 Å². The number of benzene rings is 1. The third-order valence-electron chi connectivity index (χ3n) is 2.41. The van der Waals surface area contributed by atoms with E-state index < -0.39 is 11.9 Å². The Balaban J connectivity index is 1.99. The summed E-state index contributed by atoms with van der Waals surface area (Å²) in [7, 11) is 0. The lowest BCUT2D eigenvalue weighted by molar-refractivity contribution is 0.0696. The van der Waals surface area contributed by atoms with Crippen LogP contribution in [0.3, 0.4) is 0 Å². The summed E-state index contributed by atoms with van der Waals surface area (Å²) in [6.45, 7) is 0.280. The summed E-state index contributed by atoms with van der Waals surface area (Å²) in [5.74, 6) is -1.66. The number of rotatable bonds is 4. The zero-order valence-corrected chi connectivity index (χ0v) is 10.5. The smallest absolute Gasteiger partial charge is 0.338 e. The zero-order valence-electron chi connectivity index (χ0n) is 9.72. The van der Waals surface area contributed by atoms with Crippen LogP contribution in [0.1, 0.15) is 26.5 Å². The van der Waals surface area contributed by atoms with Crippen molar-refractivity contribution in [2.45, 2.75) is 6.54 Å². The van der Waals surface area contributed by atoms with Crippen molar-refractivity contribution in [1.29, 1.82) is 0 Å². The Morgan fingerprint density at radius 3 is 2.74 bits per heavy atom. The van der Waals surface area contributed by atoms with E-state index in [4.69, 9.17) is 21.1 Å². The van der Waals surface area contributed by atoms with Gasteiger partial charge in [0, 0.05) is 17.6 Å². The van der Waals surface area contributed by atoms with Gasteiger partial charge in [-0.3, -0.25) is 4.79 Å². The number of carboxylic acid groups (broad SMARTS) is 1. The molecule has 1 heterocycles. The largest absolute Gasteiger partial charge is 0.478 e. The number of hydrogen-bond donors (Lipinski definition) is 2. The van der Waals surface area contributed by atoms with Crippen LogP contribution in [0.2, 0.25) is 5.02 Å². The molecular formula is C13H10ClNO4. The number of halogens is 1. The third-order valence-corrected chi connectivity index (χ3v) is 2.65. The normalized spacial score (nSPS) is 10.2. The standard InChI is InChI=1S/C13H10ClNO4/c14-10-3-1-2-8(4-10)6-15-12(16)11-5-9(7-19-11)13(17)18/h1-5,7H,6H2,(H,15,16)(H,17,18). The van der Waals surface area contributed by atoms with Gasteiger partial charge in [0.2, 0.25) is 0 Å². The Kier molecular flexibility index (Phi) is 3.87. The van der Waals surface area contributed by atoms with Crippen molar-refractivity contribution < 1.29 is 19.1 Å². The predicted octanol–water partition coefficient (Wildman–Crippen LogP) is 2.56. The van der Waals surface area contributed by atoms with E-state index in [-0.39, 0.29) is 17.9 Å². The Morgan fingerprint density at radius 2 is 2.11 bits per heavy atom. The summed E-state index contributed by atoms with van der Waals surface area (Å²) >= 11 is 5.82. The van der Waals surface area contributed by atoms with Crippen molar-refractivity contribution in [3.05, 3.63) is 58.5 Å². The lowest BCUT2D eigenvalue weighted by Gasteiger charge is -2.03. The molecule has 0 saturated heterocycles. The molecule has 1 amide bonds. The van der Waals surface area contributed by atoms with Crippen molar-refractivity contribution >= 4 is 23.5 Å². The van der Waals surface area contributed by atoms with Crippen LogP contribution in [-0.4, -0.2) is 17.0 Å². The minimum atomic E-state index is -1.14. The van der Waals surface area contributed by atoms with Crippen molar-refractivity contribution in [3.63, 3.8) is 0 Å². The molecule has 2 rings (SSSR count). The van der Waals surface area contributed by atoms with Crippen LogP contribution in [0, 0.1) is 0 Å². The van der Waals surface area contributed by atoms with E-state index in [0.717, 1.165) is 11.8 Å². The topological polar surface area (TPSA) is 79.5 Å². The van der Waals surface area contributed by atoms with Crippen LogP contribution in [0.15, 0.2) is 41.0 Å². The second-order valence-corrected chi connectivity index (χ2v) is 4.25. The second kappa shape index (κ2) is 5.58. The molecule has 0 spiro atoms. The summed E-state index contributed by atoms with van der Waals surface area (Å²) < 4.78 is 4.88. The van der Waals surface area contributed by atoms with Gasteiger partial charge < -0.3 is 14.8 Å². The van der Waals surface area contributed by atoms with Gasteiger partial charge in [0.25, 0.3) is 5.91 Å².